The summed E-state index contributed by atoms with van der Waals surface area (Å²) >= 11 is 0. The van der Waals surface area contributed by atoms with Gasteiger partial charge in [0, 0.05) is 32.2 Å². The molecule has 0 radical (unpaired) electrons. The third kappa shape index (κ3) is 6.94. The van der Waals surface area contributed by atoms with Crippen molar-refractivity contribution in [3.63, 3.8) is 0 Å². The third-order valence-corrected chi connectivity index (χ3v) is 8.97. The summed E-state index contributed by atoms with van der Waals surface area (Å²) in [5.41, 5.74) is -3.89. The SMILES string of the molecule is Cc1cc(F)ccc1-c1cc(N2C[C@H]3COCCN3C[C@H]2CF)ncc1N(C)C(=O)C(C)(C)c1cc(C(F)(F)F)cc(C(F)(F)F)c1. The number of carbonyl (C=O) groups is 1. The van der Waals surface area contributed by atoms with E-state index in [9.17, 15) is 39.9 Å². The van der Waals surface area contributed by atoms with Crippen LogP contribution in [0.1, 0.15) is 36.1 Å². The second kappa shape index (κ2) is 12.7. The fraction of sp³-hybridized carbons (Fsp3) is 0.455. The number of ether oxygens (including phenoxy) is 1. The first-order chi connectivity index (χ1) is 21.9. The van der Waals surface area contributed by atoms with Crippen molar-refractivity contribution >= 4 is 17.4 Å². The lowest BCUT2D eigenvalue weighted by Gasteiger charge is -2.48. The maximum atomic E-state index is 14.4. The van der Waals surface area contributed by atoms with Crippen LogP contribution in [0, 0.1) is 12.7 Å². The van der Waals surface area contributed by atoms with Crippen LogP contribution in [0.25, 0.3) is 11.1 Å². The van der Waals surface area contributed by atoms with Crippen LogP contribution in [0.15, 0.2) is 48.7 Å². The Kier molecular flexibility index (Phi) is 9.32. The van der Waals surface area contributed by atoms with Gasteiger partial charge in [0.1, 0.15) is 18.3 Å². The van der Waals surface area contributed by atoms with Crippen molar-refractivity contribution in [3.05, 3.63) is 76.7 Å². The molecule has 2 atom stereocenters. The summed E-state index contributed by atoms with van der Waals surface area (Å²) in [5.74, 6) is -0.952. The van der Waals surface area contributed by atoms with Gasteiger partial charge in [-0.1, -0.05) is 6.07 Å². The van der Waals surface area contributed by atoms with Crippen LogP contribution >= 0.6 is 0 Å². The van der Waals surface area contributed by atoms with E-state index in [0.717, 1.165) is 4.90 Å². The van der Waals surface area contributed by atoms with E-state index in [4.69, 9.17) is 4.74 Å². The molecule has 0 N–H and O–H groups in total. The molecule has 2 aromatic carbocycles. The zero-order valence-corrected chi connectivity index (χ0v) is 26.1. The van der Waals surface area contributed by atoms with Gasteiger partial charge in [0.05, 0.1) is 53.7 Å². The molecule has 1 aromatic heterocycles. The molecule has 0 saturated carbocycles. The van der Waals surface area contributed by atoms with Crippen LogP contribution in [0.2, 0.25) is 0 Å². The Labute approximate surface area is 266 Å². The quantitative estimate of drug-likeness (QED) is 0.264. The van der Waals surface area contributed by atoms with Gasteiger partial charge in [-0.3, -0.25) is 9.69 Å². The third-order valence-electron chi connectivity index (χ3n) is 8.97. The van der Waals surface area contributed by atoms with E-state index in [0.29, 0.717) is 67.5 Å². The Morgan fingerprint density at radius 3 is 2.19 bits per heavy atom. The summed E-state index contributed by atoms with van der Waals surface area (Å²) in [6, 6.07) is 6.19. The molecule has 6 nitrogen and oxygen atoms in total. The van der Waals surface area contributed by atoms with Gasteiger partial charge in [-0.25, -0.2) is 13.8 Å². The first-order valence-electron chi connectivity index (χ1n) is 14.9. The Morgan fingerprint density at radius 1 is 0.957 bits per heavy atom. The fourth-order valence-electron chi connectivity index (χ4n) is 6.23. The van der Waals surface area contributed by atoms with Gasteiger partial charge in [-0.05, 0) is 73.9 Å². The molecule has 0 unspecified atom stereocenters. The van der Waals surface area contributed by atoms with Crippen molar-refractivity contribution in [1.82, 2.24) is 9.88 Å². The number of rotatable bonds is 6. The highest BCUT2D eigenvalue weighted by Crippen LogP contribution is 2.41. The van der Waals surface area contributed by atoms with Crippen molar-refractivity contribution in [2.24, 2.45) is 0 Å². The number of aryl methyl sites for hydroxylation is 1. The van der Waals surface area contributed by atoms with Crippen LogP contribution in [0.4, 0.5) is 46.6 Å². The largest absolute Gasteiger partial charge is 0.416 e. The van der Waals surface area contributed by atoms with E-state index in [1.807, 2.05) is 4.90 Å². The number of hydrogen-bond donors (Lipinski definition) is 0. The molecule has 254 valence electrons. The number of nitrogens with zero attached hydrogens (tertiary/aromatic N) is 4. The van der Waals surface area contributed by atoms with E-state index in [2.05, 4.69) is 9.88 Å². The number of pyridine rings is 1. The van der Waals surface area contributed by atoms with E-state index in [1.54, 1.807) is 13.0 Å². The molecule has 0 spiro atoms. The minimum Gasteiger partial charge on any atom is -0.378 e. The van der Waals surface area contributed by atoms with Gasteiger partial charge < -0.3 is 14.5 Å². The molecule has 47 heavy (non-hydrogen) atoms. The normalized spacial score (nSPS) is 19.4. The predicted octanol–water partition coefficient (Wildman–Crippen LogP) is 7.03. The molecule has 2 saturated heterocycles. The molecule has 2 fully saturated rings. The van der Waals surface area contributed by atoms with E-state index < -0.39 is 58.9 Å². The topological polar surface area (TPSA) is 48.9 Å². The summed E-state index contributed by atoms with van der Waals surface area (Å²) in [7, 11) is 1.34. The summed E-state index contributed by atoms with van der Waals surface area (Å²) < 4.78 is 116. The van der Waals surface area contributed by atoms with E-state index in [-0.39, 0.29) is 17.8 Å². The maximum absolute atomic E-state index is 14.4. The minimum absolute atomic E-state index is 0.00970. The van der Waals surface area contributed by atoms with Gasteiger partial charge >= 0.3 is 12.4 Å². The zero-order valence-electron chi connectivity index (χ0n) is 26.1. The van der Waals surface area contributed by atoms with Gasteiger partial charge in [0.2, 0.25) is 5.91 Å². The Bertz CT molecular complexity index is 1610. The lowest BCUT2D eigenvalue weighted by Crippen LogP contribution is -2.63. The van der Waals surface area contributed by atoms with Gasteiger partial charge in [-0.15, -0.1) is 0 Å². The molecule has 0 aliphatic carbocycles. The molecule has 0 bridgehead atoms. The first kappa shape index (κ1) is 34.6. The van der Waals surface area contributed by atoms with Crippen LogP contribution in [-0.2, 0) is 27.3 Å². The van der Waals surface area contributed by atoms with Crippen molar-refractivity contribution in [1.29, 1.82) is 0 Å². The smallest absolute Gasteiger partial charge is 0.378 e. The number of carbonyl (C=O) groups excluding carboxylic acids is 1. The van der Waals surface area contributed by atoms with Gasteiger partial charge in [-0.2, -0.15) is 26.3 Å². The number of aromatic nitrogens is 1. The molecule has 2 aliphatic rings. The number of morpholine rings is 1. The van der Waals surface area contributed by atoms with Crippen LogP contribution < -0.4 is 9.80 Å². The molecular formula is C33H34F8N4O2. The van der Waals surface area contributed by atoms with Crippen molar-refractivity contribution in [2.45, 2.75) is 50.6 Å². The number of halogens is 8. The molecule has 5 rings (SSSR count). The van der Waals surface area contributed by atoms with E-state index in [1.165, 1.54) is 45.3 Å². The molecule has 3 heterocycles. The van der Waals surface area contributed by atoms with E-state index >= 15 is 0 Å². The number of fused-ring (bicyclic) bond motifs is 1. The number of amides is 1. The summed E-state index contributed by atoms with van der Waals surface area (Å²) in [6.07, 6.45) is -8.84. The van der Waals surface area contributed by atoms with Crippen molar-refractivity contribution in [2.75, 3.05) is 56.4 Å². The molecule has 2 aliphatic heterocycles. The van der Waals surface area contributed by atoms with Gasteiger partial charge in [0.25, 0.3) is 0 Å². The number of alkyl halides is 7. The highest BCUT2D eigenvalue weighted by atomic mass is 19.4. The standard InChI is InChI=1S/C33H34F8N4O2/c1-19-9-23(35)5-6-26(19)27-13-29(45-17-25-18-47-8-7-44(25)16-24(45)14-34)42-15-28(27)43(4)30(46)31(2,3)20-10-21(32(36,37)38)12-22(11-20)33(39,40)41/h5-6,9-13,15,24-25H,7-8,14,16-18H2,1-4H3/t24-,25+/m1/s1. The second-order valence-corrected chi connectivity index (χ2v) is 12.5. The van der Waals surface area contributed by atoms with Crippen LogP contribution in [0.3, 0.4) is 0 Å². The van der Waals surface area contributed by atoms with Crippen LogP contribution in [-0.4, -0.2) is 74.4 Å². The summed E-state index contributed by atoms with van der Waals surface area (Å²) in [5, 5.41) is 0. The average molecular weight is 671 g/mol. The second-order valence-electron chi connectivity index (χ2n) is 12.5. The molecular weight excluding hydrogens is 636 g/mol. The molecule has 1 amide bonds. The zero-order chi connectivity index (χ0) is 34.5. The lowest BCUT2D eigenvalue weighted by molar-refractivity contribution is -0.143. The highest BCUT2D eigenvalue weighted by molar-refractivity contribution is 6.03. The summed E-state index contributed by atoms with van der Waals surface area (Å²) in [6.45, 7) is 5.97. The lowest BCUT2D eigenvalue weighted by atomic mass is 9.81. The summed E-state index contributed by atoms with van der Waals surface area (Å²) in [4.78, 5) is 23.7. The number of hydrogen-bond acceptors (Lipinski definition) is 5. The van der Waals surface area contributed by atoms with Crippen molar-refractivity contribution < 1.29 is 44.7 Å². The van der Waals surface area contributed by atoms with Gasteiger partial charge in [0.15, 0.2) is 0 Å². The average Bonchev–Trinajstić information content (AvgIpc) is 3.02. The highest BCUT2D eigenvalue weighted by Gasteiger charge is 2.42. The van der Waals surface area contributed by atoms with Crippen LogP contribution in [0.5, 0.6) is 0 Å². The maximum Gasteiger partial charge on any atom is 0.416 e. The number of likely N-dealkylation sites (N-methyl/N-ethyl adjacent to an activating group) is 1. The molecule has 14 heteroatoms. The molecule has 3 aromatic rings. The first-order valence-corrected chi connectivity index (χ1v) is 14.9. The predicted molar refractivity (Wildman–Crippen MR) is 161 cm³/mol. The van der Waals surface area contributed by atoms with Crippen molar-refractivity contribution in [3.8, 4) is 11.1 Å². The number of piperazine rings is 1. The fourth-order valence-corrected chi connectivity index (χ4v) is 6.23. The Hall–Kier alpha value is -3.78. The monoisotopic (exact) mass is 670 g/mol. The Morgan fingerprint density at radius 2 is 1.60 bits per heavy atom. The number of benzene rings is 2. The Balaban J connectivity index is 1.59. The minimum atomic E-state index is -5.10. The number of anilines is 2.